The number of phosphoric ester groups is 2. The molecule has 632 valence electrons. The third-order valence-electron chi connectivity index (χ3n) is 20.4. The van der Waals surface area contributed by atoms with E-state index in [-0.39, 0.29) is 25.7 Å². The lowest BCUT2D eigenvalue weighted by Crippen LogP contribution is -2.30. The van der Waals surface area contributed by atoms with Crippen molar-refractivity contribution < 1.29 is 80.2 Å². The Bertz CT molecular complexity index is 2160. The minimum atomic E-state index is -4.97. The van der Waals surface area contributed by atoms with E-state index in [9.17, 15) is 43.2 Å². The monoisotopic (exact) mass is 1560 g/mol. The van der Waals surface area contributed by atoms with E-state index in [4.69, 9.17) is 37.0 Å². The van der Waals surface area contributed by atoms with E-state index in [2.05, 4.69) is 72.8 Å². The number of phosphoric acid groups is 2. The minimum absolute atomic E-state index is 0.0841. The van der Waals surface area contributed by atoms with Gasteiger partial charge >= 0.3 is 39.5 Å². The SMILES string of the molecule is CCCCCC/C=C\C=C/CCCCCCCC(=O)O[C@H](COC(=O)CCCCCCCCC(C)C)COP(=O)(O)OC[C@H](O)COP(=O)(O)OC[C@@H](COC(=O)CCCCCCCCCCCCCCCCCCCCC(C)CC)OC(=O)CCCCCCCCCCCCCCCCCCCCC(C)C. The molecule has 0 heterocycles. The number of unbranched alkanes of at least 4 members (excludes halogenated alkanes) is 48. The summed E-state index contributed by atoms with van der Waals surface area (Å²) in [7, 11) is -9.94. The number of hydrogen-bond donors (Lipinski definition) is 3. The summed E-state index contributed by atoms with van der Waals surface area (Å²) in [4.78, 5) is 73.2. The fourth-order valence-corrected chi connectivity index (χ4v) is 14.7. The van der Waals surface area contributed by atoms with Crippen molar-refractivity contribution >= 4 is 39.5 Å². The van der Waals surface area contributed by atoms with Gasteiger partial charge < -0.3 is 33.8 Å². The average molecular weight is 1560 g/mol. The third-order valence-corrected chi connectivity index (χ3v) is 22.3. The Hall–Kier alpha value is -2.46. The fraction of sp³-hybridized carbons (Fsp3) is 0.909. The molecule has 107 heavy (non-hydrogen) atoms. The van der Waals surface area contributed by atoms with Gasteiger partial charge in [-0.3, -0.25) is 37.3 Å². The van der Waals surface area contributed by atoms with Crippen molar-refractivity contribution in [1.29, 1.82) is 0 Å². The highest BCUT2D eigenvalue weighted by atomic mass is 31.2. The second-order valence-corrected chi connectivity index (χ2v) is 35.0. The number of allylic oxidation sites excluding steroid dienone is 4. The average Bonchev–Trinajstić information content (AvgIpc) is 0.902. The van der Waals surface area contributed by atoms with Crippen LogP contribution in [0.2, 0.25) is 0 Å². The summed E-state index contributed by atoms with van der Waals surface area (Å²) in [5, 5.41) is 10.7. The van der Waals surface area contributed by atoms with Gasteiger partial charge in [-0.05, 0) is 69.1 Å². The molecule has 0 aromatic heterocycles. The number of ether oxygens (including phenoxy) is 4. The maximum atomic E-state index is 13.2. The van der Waals surface area contributed by atoms with Crippen LogP contribution in [0.4, 0.5) is 0 Å². The van der Waals surface area contributed by atoms with Gasteiger partial charge in [-0.2, -0.15) is 0 Å². The number of carbonyl (C=O) groups is 4. The van der Waals surface area contributed by atoms with Crippen LogP contribution in [0.5, 0.6) is 0 Å². The normalized spacial score (nSPS) is 14.2. The van der Waals surface area contributed by atoms with Crippen LogP contribution in [0.15, 0.2) is 24.3 Å². The molecule has 0 spiro atoms. The number of esters is 4. The summed E-state index contributed by atoms with van der Waals surface area (Å²) >= 11 is 0. The van der Waals surface area contributed by atoms with Crippen molar-refractivity contribution in [1.82, 2.24) is 0 Å². The van der Waals surface area contributed by atoms with Crippen LogP contribution < -0.4 is 0 Å². The van der Waals surface area contributed by atoms with Crippen LogP contribution in [0.1, 0.15) is 440 Å². The van der Waals surface area contributed by atoms with Gasteiger partial charge in [0.15, 0.2) is 12.2 Å². The van der Waals surface area contributed by atoms with E-state index in [1.807, 2.05) is 0 Å². The smallest absolute Gasteiger partial charge is 0.462 e. The van der Waals surface area contributed by atoms with Crippen LogP contribution >= 0.6 is 15.6 Å². The van der Waals surface area contributed by atoms with Gasteiger partial charge in [0.2, 0.25) is 0 Å². The summed E-state index contributed by atoms with van der Waals surface area (Å²) in [6.07, 6.45) is 71.9. The topological polar surface area (TPSA) is 237 Å². The molecule has 0 amide bonds. The molecule has 0 aromatic carbocycles. The van der Waals surface area contributed by atoms with Crippen LogP contribution in [0, 0.1) is 17.8 Å². The highest BCUT2D eigenvalue weighted by molar-refractivity contribution is 7.47. The van der Waals surface area contributed by atoms with Crippen molar-refractivity contribution in [2.24, 2.45) is 17.8 Å². The Morgan fingerprint density at radius 2 is 0.551 bits per heavy atom. The molecule has 6 atom stereocenters. The van der Waals surface area contributed by atoms with Gasteiger partial charge in [-0.25, -0.2) is 9.13 Å². The highest BCUT2D eigenvalue weighted by Crippen LogP contribution is 2.45. The minimum Gasteiger partial charge on any atom is -0.462 e. The van der Waals surface area contributed by atoms with E-state index in [0.29, 0.717) is 31.6 Å². The van der Waals surface area contributed by atoms with Crippen molar-refractivity contribution in [3.8, 4) is 0 Å². The molecule has 0 aliphatic rings. The fourth-order valence-electron chi connectivity index (χ4n) is 13.2. The Kier molecular flexibility index (Phi) is 75.7. The Morgan fingerprint density at radius 1 is 0.308 bits per heavy atom. The van der Waals surface area contributed by atoms with Crippen molar-refractivity contribution in [2.75, 3.05) is 39.6 Å². The predicted molar refractivity (Wildman–Crippen MR) is 441 cm³/mol. The lowest BCUT2D eigenvalue weighted by atomic mass is 9.99. The summed E-state index contributed by atoms with van der Waals surface area (Å²) < 4.78 is 68.8. The molecule has 3 N–H and O–H groups in total. The van der Waals surface area contributed by atoms with Gasteiger partial charge in [-0.1, -0.05) is 387 Å². The first-order valence-electron chi connectivity index (χ1n) is 44.7. The maximum absolute atomic E-state index is 13.2. The third kappa shape index (κ3) is 80.0. The molecule has 0 aromatic rings. The summed E-state index contributed by atoms with van der Waals surface area (Å²) in [6, 6.07) is 0. The van der Waals surface area contributed by atoms with Gasteiger partial charge in [0.05, 0.1) is 26.4 Å². The standard InChI is InChI=1S/C88H168O17P2/c1-8-10-11-12-13-14-15-16-25-33-38-43-48-57-64-72-88(93)105-84(76-99-86(91)70-63-56-51-50-53-60-67-80(5)6)78-103-107(96,97)101-74-82(89)73-100-106(94,95)102-77-83(104-87(92)71-65-58-49-44-39-34-29-24-19-17-21-26-30-35-40-45-52-59-66-79(3)4)75-98-85(90)69-62-55-47-42-37-32-28-23-20-18-22-27-31-36-41-46-54-61-68-81(7)9-2/h14-16,25,79-84,89H,8-13,17-24,26-78H2,1-7H3,(H,94,95)(H,96,97)/b15-14-,25-16-/t81?,82-,83-,84-/m1/s1. The molecule has 17 nitrogen and oxygen atoms in total. The molecule has 19 heteroatoms. The summed E-state index contributed by atoms with van der Waals surface area (Å²) in [6.45, 7) is 11.9. The molecule has 3 unspecified atom stereocenters. The van der Waals surface area contributed by atoms with Crippen molar-refractivity contribution in [2.45, 2.75) is 458 Å². The van der Waals surface area contributed by atoms with Crippen LogP contribution in [-0.2, 0) is 65.4 Å². The quantitative estimate of drug-likeness (QED) is 0.0169. The van der Waals surface area contributed by atoms with Crippen LogP contribution in [0.3, 0.4) is 0 Å². The van der Waals surface area contributed by atoms with E-state index in [0.717, 1.165) is 121 Å². The zero-order valence-corrected chi connectivity index (χ0v) is 71.9. The zero-order valence-electron chi connectivity index (χ0n) is 70.1. The van der Waals surface area contributed by atoms with Crippen molar-refractivity contribution in [3.63, 3.8) is 0 Å². The molecule has 0 aliphatic heterocycles. The van der Waals surface area contributed by atoms with E-state index in [1.54, 1.807) is 0 Å². The molecule has 0 fully saturated rings. The molecule has 0 bridgehead atoms. The second kappa shape index (κ2) is 77.5. The highest BCUT2D eigenvalue weighted by Gasteiger charge is 2.30. The number of aliphatic hydroxyl groups is 1. The molecule has 0 rings (SSSR count). The number of hydrogen-bond acceptors (Lipinski definition) is 15. The Balaban J connectivity index is 5.22. The summed E-state index contributed by atoms with van der Waals surface area (Å²) in [5.41, 5.74) is 0. The molecule has 0 saturated heterocycles. The lowest BCUT2D eigenvalue weighted by molar-refractivity contribution is -0.161. The van der Waals surface area contributed by atoms with Gasteiger partial charge in [0, 0.05) is 25.7 Å². The van der Waals surface area contributed by atoms with E-state index in [1.165, 1.54) is 231 Å². The summed E-state index contributed by atoms with van der Waals surface area (Å²) in [5.74, 6) is 0.231. The first-order chi connectivity index (χ1) is 51.8. The van der Waals surface area contributed by atoms with Gasteiger partial charge in [-0.15, -0.1) is 0 Å². The van der Waals surface area contributed by atoms with E-state index >= 15 is 0 Å². The first kappa shape index (κ1) is 105. The molecule has 0 saturated carbocycles. The predicted octanol–water partition coefficient (Wildman–Crippen LogP) is 26.4. The van der Waals surface area contributed by atoms with Crippen LogP contribution in [-0.4, -0.2) is 96.7 Å². The van der Waals surface area contributed by atoms with Crippen molar-refractivity contribution in [3.05, 3.63) is 24.3 Å². The number of aliphatic hydroxyl groups excluding tert-OH is 1. The molecule has 0 radical (unpaired) electrons. The maximum Gasteiger partial charge on any atom is 0.472 e. The Morgan fingerprint density at radius 3 is 0.832 bits per heavy atom. The first-order valence-corrected chi connectivity index (χ1v) is 47.7. The van der Waals surface area contributed by atoms with E-state index < -0.39 is 97.5 Å². The zero-order chi connectivity index (χ0) is 78.6. The van der Waals surface area contributed by atoms with Crippen LogP contribution in [0.25, 0.3) is 0 Å². The van der Waals surface area contributed by atoms with Gasteiger partial charge in [0.25, 0.3) is 0 Å². The number of carbonyl (C=O) groups excluding carboxylic acids is 4. The molecular weight excluding hydrogens is 1390 g/mol. The van der Waals surface area contributed by atoms with Gasteiger partial charge in [0.1, 0.15) is 19.3 Å². The largest absolute Gasteiger partial charge is 0.472 e. The molecular formula is C88H168O17P2. The lowest BCUT2D eigenvalue weighted by Gasteiger charge is -2.21. The second-order valence-electron chi connectivity index (χ2n) is 32.1. The number of rotatable bonds is 84. The Labute approximate surface area is 656 Å². The molecule has 0 aliphatic carbocycles.